The molecule has 1 aliphatic carbocycles. The number of rotatable bonds is 9. The molecule has 1 N–H and O–H groups in total. The van der Waals surface area contributed by atoms with E-state index in [4.69, 9.17) is 23.2 Å². The van der Waals surface area contributed by atoms with Crippen molar-refractivity contribution >= 4 is 23.2 Å². The number of fused-ring (bicyclic) bond motifs is 3. The van der Waals surface area contributed by atoms with Gasteiger partial charge in [0.25, 0.3) is 0 Å². The van der Waals surface area contributed by atoms with Crippen LogP contribution in [-0.2, 0) is 12.8 Å². The van der Waals surface area contributed by atoms with Gasteiger partial charge in [-0.05, 0) is 99.6 Å². The van der Waals surface area contributed by atoms with Gasteiger partial charge in [0.2, 0.25) is 0 Å². The standard InChI is InChI=1S/C31H40Cl2N2/c1-20-7-11-26(17-22(20)3)13-9-24(5)34-31-16-15-28(29(32)30(31)33)35(19-31)25(6)10-14-27-12-8-21(2)23(4)18-27/h7-8,11-12,17-18,28-30,34H,5-6,9-10,13-16,19H2,1-4H3. The summed E-state index contributed by atoms with van der Waals surface area (Å²) < 4.78 is 0. The quantitative estimate of drug-likeness (QED) is 0.350. The lowest BCUT2D eigenvalue weighted by Crippen LogP contribution is -2.73. The monoisotopic (exact) mass is 510 g/mol. The van der Waals surface area contributed by atoms with E-state index < -0.39 is 0 Å². The van der Waals surface area contributed by atoms with Crippen LogP contribution < -0.4 is 5.32 Å². The van der Waals surface area contributed by atoms with Gasteiger partial charge in [0.15, 0.2) is 0 Å². The fourth-order valence-corrected chi connectivity index (χ4v) is 6.60. The number of allylic oxidation sites excluding steroid dienone is 2. The third-order valence-electron chi connectivity index (χ3n) is 8.31. The SMILES string of the molecule is C=C(CCc1ccc(C)c(C)c1)NC12CCC(C(Cl)C1Cl)N(C(=C)CCc1ccc(C)c(C)c1)C2. The number of halogens is 2. The molecule has 188 valence electrons. The first-order valence-corrected chi connectivity index (χ1v) is 13.8. The van der Waals surface area contributed by atoms with E-state index in [2.05, 4.69) is 87.5 Å². The van der Waals surface area contributed by atoms with E-state index in [1.807, 2.05) is 0 Å². The van der Waals surface area contributed by atoms with E-state index in [0.29, 0.717) is 0 Å². The van der Waals surface area contributed by atoms with Crippen LogP contribution in [0.4, 0.5) is 0 Å². The van der Waals surface area contributed by atoms with Gasteiger partial charge in [0.05, 0.1) is 16.3 Å². The van der Waals surface area contributed by atoms with Crippen molar-refractivity contribution in [2.75, 3.05) is 6.54 Å². The van der Waals surface area contributed by atoms with Crippen molar-refractivity contribution in [2.24, 2.45) is 0 Å². The minimum Gasteiger partial charge on any atom is -0.380 e. The summed E-state index contributed by atoms with van der Waals surface area (Å²) in [6.45, 7) is 18.4. The normalized spacial score (nSPS) is 25.5. The van der Waals surface area contributed by atoms with Crippen molar-refractivity contribution < 1.29 is 0 Å². The van der Waals surface area contributed by atoms with Gasteiger partial charge in [0, 0.05) is 24.0 Å². The van der Waals surface area contributed by atoms with Crippen LogP contribution in [0, 0.1) is 27.7 Å². The van der Waals surface area contributed by atoms with E-state index in [1.54, 1.807) is 0 Å². The second-order valence-electron chi connectivity index (χ2n) is 10.9. The largest absolute Gasteiger partial charge is 0.380 e. The van der Waals surface area contributed by atoms with E-state index in [-0.39, 0.29) is 22.3 Å². The van der Waals surface area contributed by atoms with E-state index in [0.717, 1.165) is 56.5 Å². The Labute approximate surface area is 222 Å². The highest BCUT2D eigenvalue weighted by Gasteiger charge is 2.56. The van der Waals surface area contributed by atoms with Crippen LogP contribution in [0.25, 0.3) is 0 Å². The first kappa shape index (κ1) is 26.2. The summed E-state index contributed by atoms with van der Waals surface area (Å²) in [5.41, 5.74) is 10.00. The lowest BCUT2D eigenvalue weighted by atomic mass is 9.72. The van der Waals surface area contributed by atoms with Gasteiger partial charge in [-0.15, -0.1) is 23.2 Å². The van der Waals surface area contributed by atoms with Crippen molar-refractivity contribution in [1.29, 1.82) is 0 Å². The Kier molecular flexibility index (Phi) is 7.93. The molecule has 0 radical (unpaired) electrons. The summed E-state index contributed by atoms with van der Waals surface area (Å²) in [6, 6.07) is 13.7. The second kappa shape index (κ2) is 10.6. The third kappa shape index (κ3) is 5.59. The molecular weight excluding hydrogens is 471 g/mol. The number of piperidine rings is 2. The van der Waals surface area contributed by atoms with Gasteiger partial charge in [-0.3, -0.25) is 0 Å². The number of hydrogen-bond acceptors (Lipinski definition) is 2. The number of aryl methyl sites for hydroxylation is 6. The van der Waals surface area contributed by atoms with Crippen molar-refractivity contribution in [2.45, 2.75) is 88.6 Å². The number of nitrogens with zero attached hydrogens (tertiary/aromatic N) is 1. The topological polar surface area (TPSA) is 15.3 Å². The molecule has 2 aliphatic heterocycles. The minimum absolute atomic E-state index is 0.113. The smallest absolute Gasteiger partial charge is 0.0766 e. The summed E-state index contributed by atoms with van der Waals surface area (Å²) in [4.78, 5) is 2.44. The van der Waals surface area contributed by atoms with Crippen LogP contribution >= 0.6 is 23.2 Å². The van der Waals surface area contributed by atoms with E-state index in [9.17, 15) is 0 Å². The molecule has 2 saturated heterocycles. The highest BCUT2D eigenvalue weighted by atomic mass is 35.5. The molecule has 0 aromatic heterocycles. The second-order valence-corrected chi connectivity index (χ2v) is 11.8. The molecule has 4 unspecified atom stereocenters. The van der Waals surface area contributed by atoms with Gasteiger partial charge >= 0.3 is 0 Å². The number of hydrogen-bond donors (Lipinski definition) is 1. The zero-order valence-electron chi connectivity index (χ0n) is 21.8. The van der Waals surface area contributed by atoms with Gasteiger partial charge in [-0.1, -0.05) is 49.6 Å². The average Bonchev–Trinajstić information content (AvgIpc) is 2.83. The molecule has 3 fully saturated rings. The molecule has 35 heavy (non-hydrogen) atoms. The predicted octanol–water partition coefficient (Wildman–Crippen LogP) is 7.53. The molecule has 2 aromatic rings. The van der Waals surface area contributed by atoms with Crippen LogP contribution in [0.3, 0.4) is 0 Å². The van der Waals surface area contributed by atoms with Crippen molar-refractivity contribution in [3.05, 3.63) is 94.3 Å². The fourth-order valence-electron chi connectivity index (χ4n) is 5.69. The highest BCUT2D eigenvalue weighted by Crippen LogP contribution is 2.46. The van der Waals surface area contributed by atoms with Crippen molar-refractivity contribution in [3.8, 4) is 0 Å². The van der Waals surface area contributed by atoms with Crippen LogP contribution in [0.2, 0.25) is 0 Å². The Morgan fingerprint density at radius 2 is 1.49 bits per heavy atom. The summed E-state index contributed by atoms with van der Waals surface area (Å²) in [6.07, 6.45) is 5.81. The third-order valence-corrected chi connectivity index (χ3v) is 9.67. The first-order valence-electron chi connectivity index (χ1n) is 12.9. The number of alkyl halides is 2. The molecule has 2 nitrogen and oxygen atoms in total. The van der Waals surface area contributed by atoms with Gasteiger partial charge in [-0.2, -0.15) is 0 Å². The van der Waals surface area contributed by atoms with Crippen LogP contribution in [0.5, 0.6) is 0 Å². The summed E-state index contributed by atoms with van der Waals surface area (Å²) in [5.74, 6) is 0. The molecule has 3 aliphatic rings. The fraction of sp³-hybridized carbons (Fsp3) is 0.484. The van der Waals surface area contributed by atoms with Crippen LogP contribution in [0.15, 0.2) is 61.0 Å². The van der Waals surface area contributed by atoms with E-state index in [1.165, 1.54) is 33.4 Å². The molecule has 1 saturated carbocycles. The van der Waals surface area contributed by atoms with Gasteiger partial charge in [-0.25, -0.2) is 0 Å². The molecule has 2 bridgehead atoms. The maximum absolute atomic E-state index is 7.00. The summed E-state index contributed by atoms with van der Waals surface area (Å²) >= 11 is 14.0. The maximum Gasteiger partial charge on any atom is 0.0766 e. The van der Waals surface area contributed by atoms with Crippen LogP contribution in [-0.4, -0.2) is 33.8 Å². The molecular formula is C31H40Cl2N2. The van der Waals surface area contributed by atoms with Crippen molar-refractivity contribution in [3.63, 3.8) is 0 Å². The average molecular weight is 512 g/mol. The Bertz CT molecular complexity index is 1110. The molecule has 0 spiro atoms. The lowest BCUT2D eigenvalue weighted by molar-refractivity contribution is 0.0448. The van der Waals surface area contributed by atoms with Crippen LogP contribution in [0.1, 0.15) is 59.1 Å². The Balaban J connectivity index is 1.40. The van der Waals surface area contributed by atoms with Gasteiger partial charge < -0.3 is 10.2 Å². The number of nitrogens with one attached hydrogen (secondary N) is 1. The Morgan fingerprint density at radius 1 is 0.914 bits per heavy atom. The highest BCUT2D eigenvalue weighted by molar-refractivity contribution is 6.31. The first-order chi connectivity index (χ1) is 16.6. The van der Waals surface area contributed by atoms with Crippen molar-refractivity contribution in [1.82, 2.24) is 10.2 Å². The maximum atomic E-state index is 7.00. The molecule has 5 rings (SSSR count). The summed E-state index contributed by atoms with van der Waals surface area (Å²) in [7, 11) is 0. The molecule has 2 heterocycles. The molecule has 0 amide bonds. The Hall–Kier alpha value is -1.90. The molecule has 4 atom stereocenters. The molecule has 2 aromatic carbocycles. The zero-order chi connectivity index (χ0) is 25.3. The minimum atomic E-state index is -0.271. The predicted molar refractivity (Wildman–Crippen MR) is 152 cm³/mol. The Morgan fingerprint density at radius 3 is 2.06 bits per heavy atom. The molecule has 4 heteroatoms. The van der Waals surface area contributed by atoms with E-state index >= 15 is 0 Å². The number of benzene rings is 2. The summed E-state index contributed by atoms with van der Waals surface area (Å²) in [5, 5.41) is 3.53. The lowest BCUT2D eigenvalue weighted by Gasteiger charge is -2.59. The van der Waals surface area contributed by atoms with Gasteiger partial charge in [0.1, 0.15) is 0 Å². The zero-order valence-corrected chi connectivity index (χ0v) is 23.3.